The Hall–Kier alpha value is -1.45. The topological polar surface area (TPSA) is 55.8 Å². The van der Waals surface area contributed by atoms with Crippen LogP contribution < -0.4 is 0 Å². The summed E-state index contributed by atoms with van der Waals surface area (Å²) in [4.78, 5) is 10.2. The third kappa shape index (κ3) is 1.51. The van der Waals surface area contributed by atoms with E-state index in [1.54, 1.807) is 12.2 Å². The largest absolute Gasteiger partial charge is 0.476 e. The molecule has 1 aliphatic heterocycles. The Labute approximate surface area is 57.4 Å². The van der Waals surface area contributed by atoms with Crippen LogP contribution in [0.1, 0.15) is 0 Å². The van der Waals surface area contributed by atoms with E-state index in [9.17, 15) is 4.79 Å². The van der Waals surface area contributed by atoms with Crippen molar-refractivity contribution in [2.75, 3.05) is 0 Å². The van der Waals surface area contributed by atoms with Crippen LogP contribution >= 0.6 is 0 Å². The third-order valence-corrected chi connectivity index (χ3v) is 0.874. The molecular formula is C6H6O4. The van der Waals surface area contributed by atoms with E-state index in [-0.39, 0.29) is 0 Å². The van der Waals surface area contributed by atoms with Gasteiger partial charge in [-0.15, -0.1) is 0 Å². The molecule has 10 heavy (non-hydrogen) atoms. The summed E-state index contributed by atoms with van der Waals surface area (Å²) in [6, 6.07) is 0. The van der Waals surface area contributed by atoms with Gasteiger partial charge in [0.05, 0.1) is 12.5 Å². The van der Waals surface area contributed by atoms with Crippen LogP contribution in [0.4, 0.5) is 0 Å². The van der Waals surface area contributed by atoms with Crippen molar-refractivity contribution >= 4 is 5.97 Å². The number of carbonyl (C=O) groups is 1. The lowest BCUT2D eigenvalue weighted by molar-refractivity contribution is -0.167. The zero-order valence-corrected chi connectivity index (χ0v) is 5.06. The number of rotatable bonds is 1. The van der Waals surface area contributed by atoms with E-state index in [2.05, 4.69) is 9.47 Å². The molecule has 0 spiro atoms. The maximum Gasteiger partial charge on any atom is 0.387 e. The Balaban J connectivity index is 2.55. The molecule has 0 fully saturated rings. The lowest BCUT2D eigenvalue weighted by Crippen LogP contribution is -2.22. The monoisotopic (exact) mass is 142 g/mol. The van der Waals surface area contributed by atoms with E-state index in [4.69, 9.17) is 5.11 Å². The van der Waals surface area contributed by atoms with Crippen molar-refractivity contribution in [3.8, 4) is 0 Å². The third-order valence-electron chi connectivity index (χ3n) is 0.874. The second kappa shape index (κ2) is 2.91. The van der Waals surface area contributed by atoms with Gasteiger partial charge in [0, 0.05) is 0 Å². The Kier molecular flexibility index (Phi) is 1.94. The summed E-state index contributed by atoms with van der Waals surface area (Å²) in [5.41, 5.74) is 0. The van der Waals surface area contributed by atoms with Gasteiger partial charge >= 0.3 is 12.3 Å². The highest BCUT2D eigenvalue weighted by Crippen LogP contribution is 2.00. The average molecular weight is 142 g/mol. The SMILES string of the molecule is O=C(O)C1OC=CC=CO1. The molecule has 0 bridgehead atoms. The number of ether oxygens (including phenoxy) is 2. The number of carboxylic acids is 1. The van der Waals surface area contributed by atoms with E-state index < -0.39 is 12.3 Å². The van der Waals surface area contributed by atoms with E-state index in [1.807, 2.05) is 0 Å². The van der Waals surface area contributed by atoms with Crippen molar-refractivity contribution in [1.82, 2.24) is 0 Å². The average Bonchev–Trinajstić information content (AvgIpc) is 2.12. The molecule has 0 aromatic heterocycles. The van der Waals surface area contributed by atoms with Gasteiger partial charge in [-0.05, 0) is 12.2 Å². The second-order valence-corrected chi connectivity index (χ2v) is 1.60. The van der Waals surface area contributed by atoms with Crippen molar-refractivity contribution < 1.29 is 19.4 Å². The molecule has 54 valence electrons. The van der Waals surface area contributed by atoms with Gasteiger partial charge in [-0.25, -0.2) is 4.79 Å². The lowest BCUT2D eigenvalue weighted by atomic mass is 10.6. The van der Waals surface area contributed by atoms with Crippen molar-refractivity contribution in [2.45, 2.75) is 6.29 Å². The molecule has 1 heterocycles. The van der Waals surface area contributed by atoms with Crippen molar-refractivity contribution in [2.24, 2.45) is 0 Å². The van der Waals surface area contributed by atoms with Crippen molar-refractivity contribution in [3.05, 3.63) is 24.7 Å². The van der Waals surface area contributed by atoms with Crippen LogP contribution in [0, 0.1) is 0 Å². The van der Waals surface area contributed by atoms with Crippen LogP contribution in [-0.4, -0.2) is 17.4 Å². The molecule has 0 saturated carbocycles. The highest BCUT2D eigenvalue weighted by Gasteiger charge is 2.17. The van der Waals surface area contributed by atoms with Crippen LogP contribution in [0.2, 0.25) is 0 Å². The summed E-state index contributed by atoms with van der Waals surface area (Å²) in [5, 5.41) is 8.35. The smallest absolute Gasteiger partial charge is 0.387 e. The predicted octanol–water partition coefficient (Wildman–Crippen LogP) is 0.471. The Bertz CT molecular complexity index is 168. The van der Waals surface area contributed by atoms with Gasteiger partial charge in [0.25, 0.3) is 0 Å². The van der Waals surface area contributed by atoms with Gasteiger partial charge in [-0.1, -0.05) is 0 Å². The highest BCUT2D eigenvalue weighted by atomic mass is 16.7. The first-order valence-electron chi connectivity index (χ1n) is 2.66. The summed E-state index contributed by atoms with van der Waals surface area (Å²) >= 11 is 0. The Morgan fingerprint density at radius 1 is 1.30 bits per heavy atom. The fourth-order valence-electron chi connectivity index (χ4n) is 0.473. The van der Waals surface area contributed by atoms with Crippen molar-refractivity contribution in [3.63, 3.8) is 0 Å². The zero-order chi connectivity index (χ0) is 7.40. The summed E-state index contributed by atoms with van der Waals surface area (Å²) < 4.78 is 9.20. The van der Waals surface area contributed by atoms with Gasteiger partial charge in [0.1, 0.15) is 0 Å². The number of hydrogen-bond donors (Lipinski definition) is 1. The molecule has 0 unspecified atom stereocenters. The second-order valence-electron chi connectivity index (χ2n) is 1.60. The maximum absolute atomic E-state index is 10.2. The predicted molar refractivity (Wildman–Crippen MR) is 31.9 cm³/mol. The number of carboxylic acid groups (broad SMARTS) is 1. The molecule has 1 aliphatic rings. The molecular weight excluding hydrogens is 136 g/mol. The first-order valence-corrected chi connectivity index (χ1v) is 2.66. The van der Waals surface area contributed by atoms with Crippen LogP contribution in [-0.2, 0) is 14.3 Å². The van der Waals surface area contributed by atoms with Gasteiger partial charge in [-0.3, -0.25) is 0 Å². The first-order chi connectivity index (χ1) is 4.80. The molecule has 0 radical (unpaired) electrons. The first kappa shape index (κ1) is 6.67. The van der Waals surface area contributed by atoms with E-state index in [0.717, 1.165) is 0 Å². The summed E-state index contributed by atoms with van der Waals surface area (Å²) in [7, 11) is 0. The van der Waals surface area contributed by atoms with Gasteiger partial charge < -0.3 is 14.6 Å². The quantitative estimate of drug-likeness (QED) is 0.578. The zero-order valence-electron chi connectivity index (χ0n) is 5.06. The molecule has 0 aromatic carbocycles. The van der Waals surface area contributed by atoms with Gasteiger partial charge in [0.2, 0.25) is 0 Å². The van der Waals surface area contributed by atoms with Gasteiger partial charge in [0.15, 0.2) is 0 Å². The number of aliphatic carboxylic acids is 1. The fourth-order valence-corrected chi connectivity index (χ4v) is 0.473. The highest BCUT2D eigenvalue weighted by molar-refractivity contribution is 5.70. The molecule has 1 N–H and O–H groups in total. The molecule has 4 heteroatoms. The standard InChI is InChI=1S/C6H6O4/c7-5(8)6-9-3-1-2-4-10-6/h1-4,6H,(H,7,8). The summed E-state index contributed by atoms with van der Waals surface area (Å²) in [6.45, 7) is 0. The fraction of sp³-hybridized carbons (Fsp3) is 0.167. The minimum Gasteiger partial charge on any atom is -0.476 e. The van der Waals surface area contributed by atoms with Crippen molar-refractivity contribution in [1.29, 1.82) is 0 Å². The summed E-state index contributed by atoms with van der Waals surface area (Å²) in [6.07, 6.45) is 4.41. The van der Waals surface area contributed by atoms with Crippen LogP contribution in [0.25, 0.3) is 0 Å². The Morgan fingerprint density at radius 2 is 1.80 bits per heavy atom. The number of hydrogen-bond acceptors (Lipinski definition) is 3. The minimum atomic E-state index is -1.21. The van der Waals surface area contributed by atoms with E-state index >= 15 is 0 Å². The molecule has 1 rings (SSSR count). The van der Waals surface area contributed by atoms with E-state index in [1.165, 1.54) is 12.5 Å². The van der Waals surface area contributed by atoms with Crippen LogP contribution in [0.3, 0.4) is 0 Å². The van der Waals surface area contributed by atoms with Crippen LogP contribution in [0.15, 0.2) is 24.7 Å². The Morgan fingerprint density at radius 3 is 2.20 bits per heavy atom. The molecule has 0 aliphatic carbocycles. The summed E-state index contributed by atoms with van der Waals surface area (Å²) in [5.74, 6) is -1.14. The number of allylic oxidation sites excluding steroid dienone is 2. The normalized spacial score (nSPS) is 17.2. The van der Waals surface area contributed by atoms with Gasteiger partial charge in [-0.2, -0.15) is 0 Å². The molecule has 0 saturated heterocycles. The van der Waals surface area contributed by atoms with Crippen LogP contribution in [0.5, 0.6) is 0 Å². The molecule has 4 nitrogen and oxygen atoms in total. The molecule has 0 aromatic rings. The molecule has 0 amide bonds. The van der Waals surface area contributed by atoms with E-state index in [0.29, 0.717) is 0 Å². The maximum atomic E-state index is 10.2. The lowest BCUT2D eigenvalue weighted by Gasteiger charge is -2.08. The molecule has 0 atom stereocenters. The minimum absolute atomic E-state index is 1.14.